The smallest absolute Gasteiger partial charge is 0.303 e. The quantitative estimate of drug-likeness (QED) is 0.248. The molecule has 5 nitrogen and oxygen atoms in total. The molecule has 0 aromatic heterocycles. The minimum Gasteiger partial charge on any atom is -0.481 e. The molecule has 170 valence electrons. The summed E-state index contributed by atoms with van der Waals surface area (Å²) in [6.07, 6.45) is 9.02. The molecule has 2 aromatic carbocycles. The van der Waals surface area contributed by atoms with Crippen LogP contribution < -0.4 is 0 Å². The molecule has 2 aliphatic carbocycles. The highest BCUT2D eigenvalue weighted by Gasteiger charge is 2.33. The van der Waals surface area contributed by atoms with E-state index in [0.29, 0.717) is 35.1 Å². The fourth-order valence-electron chi connectivity index (χ4n) is 5.12. The highest BCUT2D eigenvalue weighted by molar-refractivity contribution is 6.25. The number of carboxylic acids is 1. The molecule has 33 heavy (non-hydrogen) atoms. The second kappa shape index (κ2) is 10.1. The van der Waals surface area contributed by atoms with Crippen molar-refractivity contribution in [2.24, 2.45) is 11.8 Å². The first kappa shape index (κ1) is 22.8. The van der Waals surface area contributed by atoms with Crippen LogP contribution in [0.3, 0.4) is 0 Å². The van der Waals surface area contributed by atoms with Crippen LogP contribution in [0.25, 0.3) is 11.1 Å². The number of benzene rings is 2. The number of aliphatic carboxylic acids is 1. The number of fused-ring (bicyclic) bond motifs is 3. The molecule has 0 bridgehead atoms. The van der Waals surface area contributed by atoms with Gasteiger partial charge in [0.1, 0.15) is 5.78 Å². The van der Waals surface area contributed by atoms with Crippen LogP contribution in [0, 0.1) is 11.8 Å². The fourth-order valence-corrected chi connectivity index (χ4v) is 5.12. The molecule has 0 radical (unpaired) electrons. The van der Waals surface area contributed by atoms with Gasteiger partial charge in [-0.1, -0.05) is 67.8 Å². The number of carbonyl (C=O) groups excluding carboxylic acids is 3. The summed E-state index contributed by atoms with van der Waals surface area (Å²) in [5.41, 5.74) is 3.20. The predicted octanol–water partition coefficient (Wildman–Crippen LogP) is 5.66. The number of ketones is 3. The van der Waals surface area contributed by atoms with Crippen molar-refractivity contribution >= 4 is 23.3 Å². The van der Waals surface area contributed by atoms with E-state index in [-0.39, 0.29) is 35.6 Å². The van der Waals surface area contributed by atoms with Crippen molar-refractivity contribution in [2.75, 3.05) is 0 Å². The van der Waals surface area contributed by atoms with Crippen molar-refractivity contribution in [3.63, 3.8) is 0 Å². The fraction of sp³-hybridized carbons (Fsp3) is 0.357. The van der Waals surface area contributed by atoms with Crippen LogP contribution in [-0.4, -0.2) is 28.4 Å². The first-order valence-electron chi connectivity index (χ1n) is 11.7. The molecule has 0 unspecified atom stereocenters. The Morgan fingerprint density at radius 2 is 1.64 bits per heavy atom. The summed E-state index contributed by atoms with van der Waals surface area (Å²) in [6.45, 7) is 0. The summed E-state index contributed by atoms with van der Waals surface area (Å²) in [6, 6.07) is 12.6. The molecular formula is C28H28O5. The van der Waals surface area contributed by atoms with E-state index in [1.165, 1.54) is 0 Å². The number of hydrogen-bond acceptors (Lipinski definition) is 4. The van der Waals surface area contributed by atoms with Crippen LogP contribution in [0.4, 0.5) is 0 Å². The van der Waals surface area contributed by atoms with Crippen LogP contribution in [-0.2, 0) is 9.59 Å². The number of carbonyl (C=O) groups is 4. The first-order valence-corrected chi connectivity index (χ1v) is 11.7. The molecule has 5 heteroatoms. The van der Waals surface area contributed by atoms with E-state index in [1.54, 1.807) is 30.3 Å². The lowest BCUT2D eigenvalue weighted by Gasteiger charge is -2.15. The van der Waals surface area contributed by atoms with Gasteiger partial charge in [-0.25, -0.2) is 0 Å². The average molecular weight is 445 g/mol. The Hall–Kier alpha value is -3.34. The van der Waals surface area contributed by atoms with Crippen molar-refractivity contribution in [3.8, 4) is 11.1 Å². The van der Waals surface area contributed by atoms with Gasteiger partial charge in [-0.2, -0.15) is 0 Å². The molecule has 0 spiro atoms. The van der Waals surface area contributed by atoms with Crippen molar-refractivity contribution < 1.29 is 24.3 Å². The SMILES string of the molecule is O=C(O)CCCCCC[C@H]1C(=O)CC[C@@H]1C=CC(=O)c1cccc2c1-c1ccccc1C2=O. The van der Waals surface area contributed by atoms with Crippen LogP contribution in [0.1, 0.15) is 77.6 Å². The zero-order valence-corrected chi connectivity index (χ0v) is 18.6. The van der Waals surface area contributed by atoms with E-state index < -0.39 is 5.97 Å². The first-order chi connectivity index (χ1) is 16.0. The third-order valence-electron chi connectivity index (χ3n) is 6.82. The predicted molar refractivity (Wildman–Crippen MR) is 125 cm³/mol. The number of hydrogen-bond donors (Lipinski definition) is 1. The van der Waals surface area contributed by atoms with Gasteiger partial charge in [-0.15, -0.1) is 0 Å². The Labute approximate surface area is 193 Å². The second-order valence-electron chi connectivity index (χ2n) is 8.95. The number of rotatable bonds is 10. The molecule has 2 aliphatic rings. The molecule has 2 aromatic rings. The Morgan fingerprint density at radius 3 is 2.42 bits per heavy atom. The zero-order chi connectivity index (χ0) is 23.4. The molecule has 1 saturated carbocycles. The molecule has 0 amide bonds. The van der Waals surface area contributed by atoms with Gasteiger partial charge >= 0.3 is 5.97 Å². The van der Waals surface area contributed by atoms with E-state index in [9.17, 15) is 19.2 Å². The monoisotopic (exact) mass is 444 g/mol. The van der Waals surface area contributed by atoms with E-state index in [4.69, 9.17) is 5.11 Å². The van der Waals surface area contributed by atoms with E-state index >= 15 is 0 Å². The maximum atomic E-state index is 13.1. The third-order valence-corrected chi connectivity index (χ3v) is 6.82. The van der Waals surface area contributed by atoms with Crippen molar-refractivity contribution in [2.45, 2.75) is 51.4 Å². The summed E-state index contributed by atoms with van der Waals surface area (Å²) in [4.78, 5) is 48.8. The van der Waals surface area contributed by atoms with Gasteiger partial charge in [0.15, 0.2) is 11.6 Å². The molecule has 1 fully saturated rings. The van der Waals surface area contributed by atoms with Crippen molar-refractivity contribution in [1.29, 1.82) is 0 Å². The molecule has 0 aliphatic heterocycles. The highest BCUT2D eigenvalue weighted by atomic mass is 16.4. The normalized spacial score (nSPS) is 19.2. The van der Waals surface area contributed by atoms with Gasteiger partial charge in [0.25, 0.3) is 0 Å². The van der Waals surface area contributed by atoms with Gasteiger partial charge in [0, 0.05) is 41.0 Å². The summed E-state index contributed by atoms with van der Waals surface area (Å²) in [7, 11) is 0. The molecule has 2 atom stereocenters. The Balaban J connectivity index is 1.43. The molecular weight excluding hydrogens is 416 g/mol. The van der Waals surface area contributed by atoms with E-state index in [1.807, 2.05) is 24.3 Å². The Morgan fingerprint density at radius 1 is 0.909 bits per heavy atom. The van der Waals surface area contributed by atoms with Crippen molar-refractivity contribution in [1.82, 2.24) is 0 Å². The van der Waals surface area contributed by atoms with Gasteiger partial charge in [0.2, 0.25) is 0 Å². The number of allylic oxidation sites excluding steroid dienone is 2. The Kier molecular flexibility index (Phi) is 6.97. The summed E-state index contributed by atoms with van der Waals surface area (Å²) in [5.74, 6) is -0.744. The molecule has 0 heterocycles. The van der Waals surface area contributed by atoms with Gasteiger partial charge < -0.3 is 5.11 Å². The Bertz CT molecular complexity index is 1130. The second-order valence-corrected chi connectivity index (χ2v) is 8.95. The van der Waals surface area contributed by atoms with Crippen molar-refractivity contribution in [3.05, 3.63) is 71.3 Å². The van der Waals surface area contributed by atoms with Gasteiger partial charge in [0.05, 0.1) is 0 Å². The lowest BCUT2D eigenvalue weighted by molar-refractivity contribution is -0.137. The maximum absolute atomic E-state index is 13.1. The molecule has 1 N–H and O–H groups in total. The number of Topliss-reactive ketones (excluding diaryl/α,β-unsaturated/α-hetero) is 1. The number of unbranched alkanes of at least 4 members (excludes halogenated alkanes) is 3. The average Bonchev–Trinajstić information content (AvgIpc) is 3.31. The molecule has 0 saturated heterocycles. The lowest BCUT2D eigenvalue weighted by Crippen LogP contribution is -2.13. The number of carboxylic acid groups (broad SMARTS) is 1. The standard InChI is InChI=1S/C28H28O5/c29-24-16-14-18(19(24)8-3-1-2-4-13-26(31)32)15-17-25(30)22-11-7-12-23-27(22)20-9-5-6-10-21(20)28(23)33/h5-7,9-12,15,17-19H,1-4,8,13-14,16H2,(H,31,32)/t18-,19-/m1/s1. The van der Waals surface area contributed by atoms with Crippen LogP contribution >= 0.6 is 0 Å². The highest BCUT2D eigenvalue weighted by Crippen LogP contribution is 2.39. The maximum Gasteiger partial charge on any atom is 0.303 e. The van der Waals surface area contributed by atoms with Crippen LogP contribution in [0.15, 0.2) is 54.6 Å². The molecule has 4 rings (SSSR count). The summed E-state index contributed by atoms with van der Waals surface area (Å²) < 4.78 is 0. The van der Waals surface area contributed by atoms with E-state index in [0.717, 1.165) is 37.7 Å². The summed E-state index contributed by atoms with van der Waals surface area (Å²) in [5, 5.41) is 8.71. The largest absolute Gasteiger partial charge is 0.481 e. The van der Waals surface area contributed by atoms with Gasteiger partial charge in [-0.3, -0.25) is 19.2 Å². The lowest BCUT2D eigenvalue weighted by atomic mass is 9.89. The zero-order valence-electron chi connectivity index (χ0n) is 18.6. The van der Waals surface area contributed by atoms with Gasteiger partial charge in [-0.05, 0) is 36.8 Å². The summed E-state index contributed by atoms with van der Waals surface area (Å²) >= 11 is 0. The topological polar surface area (TPSA) is 88.5 Å². The minimum atomic E-state index is -0.771. The van der Waals surface area contributed by atoms with E-state index in [2.05, 4.69) is 0 Å². The van der Waals surface area contributed by atoms with Crippen LogP contribution in [0.5, 0.6) is 0 Å². The minimum absolute atomic E-state index is 0.0474. The van der Waals surface area contributed by atoms with Crippen LogP contribution in [0.2, 0.25) is 0 Å². The third kappa shape index (κ3) is 4.87.